The average Bonchev–Trinajstić information content (AvgIpc) is 2.80. The van der Waals surface area contributed by atoms with Gasteiger partial charge in [0.05, 0.1) is 6.54 Å². The number of alkyl halides is 3. The molecule has 0 radical (unpaired) electrons. The summed E-state index contributed by atoms with van der Waals surface area (Å²) in [5.41, 5.74) is 0.866. The van der Waals surface area contributed by atoms with Crippen molar-refractivity contribution in [1.29, 1.82) is 0 Å². The van der Waals surface area contributed by atoms with E-state index in [9.17, 15) is 13.2 Å². The Morgan fingerprint density at radius 1 is 1.30 bits per heavy atom. The van der Waals surface area contributed by atoms with Crippen molar-refractivity contribution in [3.05, 3.63) is 23.8 Å². The lowest BCUT2D eigenvalue weighted by Gasteiger charge is -2.25. The van der Waals surface area contributed by atoms with Gasteiger partial charge in [-0.1, -0.05) is 6.07 Å². The fourth-order valence-corrected chi connectivity index (χ4v) is 2.18. The van der Waals surface area contributed by atoms with E-state index >= 15 is 0 Å². The third kappa shape index (κ3) is 3.77. The smallest absolute Gasteiger partial charge is 0.401 e. The summed E-state index contributed by atoms with van der Waals surface area (Å²) in [7, 11) is 3.17. The van der Waals surface area contributed by atoms with Crippen LogP contribution in [0.3, 0.4) is 0 Å². The highest BCUT2D eigenvalue weighted by atomic mass is 19.4. The van der Waals surface area contributed by atoms with Gasteiger partial charge in [-0.3, -0.25) is 4.90 Å². The van der Waals surface area contributed by atoms with Gasteiger partial charge in [0.25, 0.3) is 0 Å². The van der Waals surface area contributed by atoms with Crippen LogP contribution in [0.4, 0.5) is 13.2 Å². The van der Waals surface area contributed by atoms with Gasteiger partial charge in [0.15, 0.2) is 11.5 Å². The summed E-state index contributed by atoms with van der Waals surface area (Å²) in [6, 6.07) is 5.18. The Kier molecular flexibility index (Phi) is 4.39. The molecule has 2 rings (SSSR count). The van der Waals surface area contributed by atoms with Crippen LogP contribution in [0.2, 0.25) is 0 Å². The molecule has 112 valence electrons. The van der Waals surface area contributed by atoms with Crippen molar-refractivity contribution < 1.29 is 22.6 Å². The molecule has 7 heteroatoms. The van der Waals surface area contributed by atoms with Gasteiger partial charge in [0.2, 0.25) is 6.79 Å². The minimum atomic E-state index is -4.19. The third-order valence-electron chi connectivity index (χ3n) is 3.09. The van der Waals surface area contributed by atoms with Crippen molar-refractivity contribution in [2.45, 2.75) is 12.2 Å². The molecular weight excluding hydrogens is 273 g/mol. The lowest BCUT2D eigenvalue weighted by molar-refractivity contribution is -0.143. The first-order valence-electron chi connectivity index (χ1n) is 6.21. The molecule has 1 atom stereocenters. The fraction of sp³-hybridized carbons (Fsp3) is 0.538. The normalized spacial score (nSPS) is 15.7. The van der Waals surface area contributed by atoms with Gasteiger partial charge in [0.1, 0.15) is 0 Å². The summed E-state index contributed by atoms with van der Waals surface area (Å²) in [4.78, 5) is 1.24. The highest BCUT2D eigenvalue weighted by Gasteiger charge is 2.30. The summed E-state index contributed by atoms with van der Waals surface area (Å²) in [5.74, 6) is 1.29. The van der Waals surface area contributed by atoms with Crippen LogP contribution in [0, 0.1) is 0 Å². The molecule has 0 spiro atoms. The maximum absolute atomic E-state index is 12.3. The van der Waals surface area contributed by atoms with E-state index in [-0.39, 0.29) is 19.4 Å². The van der Waals surface area contributed by atoms with Crippen molar-refractivity contribution in [3.8, 4) is 11.5 Å². The second kappa shape index (κ2) is 5.88. The molecule has 1 aliphatic heterocycles. The van der Waals surface area contributed by atoms with E-state index in [0.29, 0.717) is 11.5 Å². The number of ether oxygens (including phenoxy) is 2. The highest BCUT2D eigenvalue weighted by Crippen LogP contribution is 2.34. The first kappa shape index (κ1) is 14.9. The van der Waals surface area contributed by atoms with Gasteiger partial charge < -0.3 is 14.8 Å². The largest absolute Gasteiger partial charge is 0.454 e. The zero-order chi connectivity index (χ0) is 14.8. The monoisotopic (exact) mass is 290 g/mol. The van der Waals surface area contributed by atoms with Gasteiger partial charge >= 0.3 is 6.18 Å². The molecule has 1 aromatic carbocycles. The van der Waals surface area contributed by atoms with Crippen molar-refractivity contribution in [1.82, 2.24) is 10.2 Å². The van der Waals surface area contributed by atoms with Gasteiger partial charge in [-0.15, -0.1) is 0 Å². The molecule has 20 heavy (non-hydrogen) atoms. The Labute approximate surface area is 115 Å². The summed E-state index contributed by atoms with van der Waals surface area (Å²) in [6.07, 6.45) is -4.19. The van der Waals surface area contributed by atoms with Crippen LogP contribution in [-0.2, 0) is 0 Å². The topological polar surface area (TPSA) is 33.7 Å². The molecule has 0 saturated carbocycles. The maximum atomic E-state index is 12.3. The number of rotatable bonds is 5. The second-order valence-corrected chi connectivity index (χ2v) is 4.77. The van der Waals surface area contributed by atoms with E-state index in [1.807, 2.05) is 6.07 Å². The average molecular weight is 290 g/mol. The molecule has 1 unspecified atom stereocenters. The molecule has 0 aliphatic carbocycles. The van der Waals surface area contributed by atoms with Crippen LogP contribution in [0.25, 0.3) is 0 Å². The third-order valence-corrected chi connectivity index (χ3v) is 3.09. The molecule has 0 saturated heterocycles. The summed E-state index contributed by atoms with van der Waals surface area (Å²) >= 11 is 0. The number of benzene rings is 1. The summed E-state index contributed by atoms with van der Waals surface area (Å²) < 4.78 is 47.5. The number of nitrogens with one attached hydrogen (secondary N) is 1. The zero-order valence-electron chi connectivity index (χ0n) is 11.3. The quantitative estimate of drug-likeness (QED) is 0.901. The van der Waals surface area contributed by atoms with E-state index in [1.54, 1.807) is 19.2 Å². The SMILES string of the molecule is CNC(CN(C)CC(F)(F)F)c1ccc2c(c1)OCO2. The number of halogens is 3. The van der Waals surface area contributed by atoms with Crippen LogP contribution >= 0.6 is 0 Å². The van der Waals surface area contributed by atoms with E-state index in [0.717, 1.165) is 5.56 Å². The molecule has 0 aromatic heterocycles. The van der Waals surface area contributed by atoms with Crippen molar-refractivity contribution in [3.63, 3.8) is 0 Å². The first-order valence-corrected chi connectivity index (χ1v) is 6.21. The van der Waals surface area contributed by atoms with Gasteiger partial charge in [-0.2, -0.15) is 13.2 Å². The minimum Gasteiger partial charge on any atom is -0.454 e. The molecule has 1 N–H and O–H groups in total. The molecule has 0 fully saturated rings. The Morgan fingerprint density at radius 3 is 2.65 bits per heavy atom. The number of hydrogen-bond donors (Lipinski definition) is 1. The Morgan fingerprint density at radius 2 is 2.00 bits per heavy atom. The predicted octanol–water partition coefficient (Wildman–Crippen LogP) is 2.17. The standard InChI is InChI=1S/C13H17F3N2O2/c1-17-10(6-18(2)7-13(14,15)16)9-3-4-11-12(5-9)20-8-19-11/h3-5,10,17H,6-8H2,1-2H3. The maximum Gasteiger partial charge on any atom is 0.401 e. The van der Waals surface area contributed by atoms with Crippen LogP contribution in [0.5, 0.6) is 11.5 Å². The van der Waals surface area contributed by atoms with E-state index < -0.39 is 12.7 Å². The fourth-order valence-electron chi connectivity index (χ4n) is 2.18. The predicted molar refractivity (Wildman–Crippen MR) is 67.9 cm³/mol. The van der Waals surface area contributed by atoms with E-state index in [1.165, 1.54) is 11.9 Å². The Bertz CT molecular complexity index is 465. The van der Waals surface area contributed by atoms with Crippen LogP contribution in [-0.4, -0.2) is 45.1 Å². The molecule has 4 nitrogen and oxygen atoms in total. The number of fused-ring (bicyclic) bond motifs is 1. The van der Waals surface area contributed by atoms with Crippen LogP contribution in [0.1, 0.15) is 11.6 Å². The molecule has 0 amide bonds. The van der Waals surface area contributed by atoms with Crippen molar-refractivity contribution in [2.24, 2.45) is 0 Å². The number of nitrogens with zero attached hydrogens (tertiary/aromatic N) is 1. The molecule has 1 aromatic rings. The summed E-state index contributed by atoms with van der Waals surface area (Å²) in [5, 5.41) is 3.02. The van der Waals surface area contributed by atoms with Crippen LogP contribution in [0.15, 0.2) is 18.2 Å². The highest BCUT2D eigenvalue weighted by molar-refractivity contribution is 5.45. The van der Waals surface area contributed by atoms with E-state index in [4.69, 9.17) is 9.47 Å². The minimum absolute atomic E-state index is 0.178. The Balaban J connectivity index is 2.04. The lowest BCUT2D eigenvalue weighted by Crippen LogP contribution is -2.37. The van der Waals surface area contributed by atoms with E-state index in [2.05, 4.69) is 5.32 Å². The molecule has 0 bridgehead atoms. The first-order chi connectivity index (χ1) is 9.39. The molecule has 1 aliphatic rings. The lowest BCUT2D eigenvalue weighted by atomic mass is 10.1. The van der Waals surface area contributed by atoms with Gasteiger partial charge in [-0.25, -0.2) is 0 Å². The van der Waals surface area contributed by atoms with Crippen molar-refractivity contribution in [2.75, 3.05) is 34.0 Å². The molecular formula is C13H17F3N2O2. The zero-order valence-corrected chi connectivity index (χ0v) is 11.3. The van der Waals surface area contributed by atoms with Gasteiger partial charge in [-0.05, 0) is 31.8 Å². The molecule has 1 heterocycles. The van der Waals surface area contributed by atoms with Crippen molar-refractivity contribution >= 4 is 0 Å². The van der Waals surface area contributed by atoms with Gasteiger partial charge in [0, 0.05) is 12.6 Å². The second-order valence-electron chi connectivity index (χ2n) is 4.77. The van der Waals surface area contributed by atoms with Crippen LogP contribution < -0.4 is 14.8 Å². The summed E-state index contributed by atoms with van der Waals surface area (Å²) in [6.45, 7) is -0.512. The Hall–Kier alpha value is -1.47. The number of likely N-dealkylation sites (N-methyl/N-ethyl adjacent to an activating group) is 2. The number of hydrogen-bond acceptors (Lipinski definition) is 4.